The van der Waals surface area contributed by atoms with Gasteiger partial charge in [0.25, 0.3) is 15.9 Å². The van der Waals surface area contributed by atoms with Crippen molar-refractivity contribution in [2.45, 2.75) is 11.8 Å². The van der Waals surface area contributed by atoms with Gasteiger partial charge in [-0.3, -0.25) is 9.52 Å². The third-order valence-electron chi connectivity index (χ3n) is 4.80. The number of para-hydroxylation sites is 1. The van der Waals surface area contributed by atoms with Crippen molar-refractivity contribution in [3.05, 3.63) is 70.7 Å². The number of amides is 1. The molecular weight excluding hydrogens is 468 g/mol. The van der Waals surface area contributed by atoms with Crippen LogP contribution >= 0.6 is 11.6 Å². The van der Waals surface area contributed by atoms with Crippen LogP contribution in [0.15, 0.2) is 59.5 Å². The third kappa shape index (κ3) is 5.32. The second-order valence-electron chi connectivity index (χ2n) is 6.93. The molecule has 3 rings (SSSR count). The molecule has 174 valence electrons. The normalized spacial score (nSPS) is 10.9. The summed E-state index contributed by atoms with van der Waals surface area (Å²) in [5.41, 5.74) is 1.22. The van der Waals surface area contributed by atoms with Crippen LogP contribution in [0.3, 0.4) is 0 Å². The number of halogens is 1. The number of rotatable bonds is 8. The summed E-state index contributed by atoms with van der Waals surface area (Å²) in [7, 11) is 0.384. The standard InChI is InChI=1S/C23H23ClN2O6S/c1-14-9-10-15(11-22(14)33(28,29)26-18-8-6-5-7-17(18)24)25-23(27)16-12-20(31-3)21(32-4)13-19(16)30-2/h5-13,26H,1-4H3,(H,25,27). The lowest BCUT2D eigenvalue weighted by molar-refractivity contribution is 0.102. The number of ether oxygens (including phenoxy) is 3. The van der Waals surface area contributed by atoms with Crippen LogP contribution in [-0.4, -0.2) is 35.7 Å². The molecule has 0 radical (unpaired) electrons. The van der Waals surface area contributed by atoms with Gasteiger partial charge in [-0.2, -0.15) is 0 Å². The fourth-order valence-corrected chi connectivity index (χ4v) is 4.71. The smallest absolute Gasteiger partial charge is 0.262 e. The first kappa shape index (κ1) is 24.2. The first-order valence-corrected chi connectivity index (χ1v) is 11.6. The second-order valence-corrected chi connectivity index (χ2v) is 8.99. The van der Waals surface area contributed by atoms with Gasteiger partial charge in [-0.1, -0.05) is 29.8 Å². The lowest BCUT2D eigenvalue weighted by Crippen LogP contribution is -2.17. The van der Waals surface area contributed by atoms with E-state index in [1.54, 1.807) is 43.3 Å². The molecule has 1 amide bonds. The molecule has 3 aromatic carbocycles. The number of methoxy groups -OCH3 is 3. The summed E-state index contributed by atoms with van der Waals surface area (Å²) < 4.78 is 44.3. The fourth-order valence-electron chi connectivity index (χ4n) is 3.12. The number of hydrogen-bond acceptors (Lipinski definition) is 6. The van der Waals surface area contributed by atoms with Crippen LogP contribution in [0.25, 0.3) is 0 Å². The van der Waals surface area contributed by atoms with Gasteiger partial charge in [0.15, 0.2) is 11.5 Å². The number of aryl methyl sites for hydroxylation is 1. The van der Waals surface area contributed by atoms with Gasteiger partial charge in [0.1, 0.15) is 5.75 Å². The summed E-state index contributed by atoms with van der Waals surface area (Å²) in [5.74, 6) is 0.504. The van der Waals surface area contributed by atoms with Crippen molar-refractivity contribution in [1.29, 1.82) is 0 Å². The van der Waals surface area contributed by atoms with Crippen molar-refractivity contribution < 1.29 is 27.4 Å². The molecule has 0 fully saturated rings. The topological polar surface area (TPSA) is 103 Å². The first-order chi connectivity index (χ1) is 15.7. The van der Waals surface area contributed by atoms with Gasteiger partial charge in [-0.05, 0) is 36.8 Å². The van der Waals surface area contributed by atoms with Gasteiger partial charge in [-0.15, -0.1) is 0 Å². The molecule has 0 atom stereocenters. The van der Waals surface area contributed by atoms with Gasteiger partial charge in [0, 0.05) is 17.8 Å². The zero-order valence-electron chi connectivity index (χ0n) is 18.4. The Bertz CT molecular complexity index is 1290. The number of carbonyl (C=O) groups excluding carboxylic acids is 1. The maximum absolute atomic E-state index is 13.0. The molecule has 0 spiro atoms. The van der Waals surface area contributed by atoms with Crippen LogP contribution in [-0.2, 0) is 10.0 Å². The van der Waals surface area contributed by atoms with E-state index < -0.39 is 15.9 Å². The van der Waals surface area contributed by atoms with Gasteiger partial charge >= 0.3 is 0 Å². The third-order valence-corrected chi connectivity index (χ3v) is 6.64. The lowest BCUT2D eigenvalue weighted by atomic mass is 10.1. The molecule has 33 heavy (non-hydrogen) atoms. The van der Waals surface area contributed by atoms with Crippen LogP contribution in [0.2, 0.25) is 5.02 Å². The number of nitrogens with one attached hydrogen (secondary N) is 2. The summed E-state index contributed by atoms with van der Waals surface area (Å²) in [4.78, 5) is 13.0. The van der Waals surface area contributed by atoms with Crippen molar-refractivity contribution in [3.8, 4) is 17.2 Å². The number of sulfonamides is 1. The van der Waals surface area contributed by atoms with Gasteiger partial charge in [0.05, 0.1) is 42.5 Å². The van der Waals surface area contributed by atoms with Crippen molar-refractivity contribution in [3.63, 3.8) is 0 Å². The van der Waals surface area contributed by atoms with Crippen molar-refractivity contribution >= 4 is 38.9 Å². The van der Waals surface area contributed by atoms with E-state index >= 15 is 0 Å². The maximum Gasteiger partial charge on any atom is 0.262 e. The van der Waals surface area contributed by atoms with Gasteiger partial charge in [-0.25, -0.2) is 8.42 Å². The minimum Gasteiger partial charge on any atom is -0.496 e. The van der Waals surface area contributed by atoms with E-state index in [2.05, 4.69) is 10.0 Å². The average Bonchev–Trinajstić information content (AvgIpc) is 2.80. The fraction of sp³-hybridized carbons (Fsp3) is 0.174. The van der Waals surface area contributed by atoms with Crippen molar-refractivity contribution in [1.82, 2.24) is 0 Å². The molecule has 0 saturated heterocycles. The van der Waals surface area contributed by atoms with Crippen LogP contribution in [0.5, 0.6) is 17.2 Å². The Morgan fingerprint density at radius 2 is 1.52 bits per heavy atom. The highest BCUT2D eigenvalue weighted by Crippen LogP contribution is 2.35. The second kappa shape index (κ2) is 10.0. The van der Waals surface area contributed by atoms with E-state index in [4.69, 9.17) is 25.8 Å². The zero-order valence-corrected chi connectivity index (χ0v) is 20.0. The van der Waals surface area contributed by atoms with E-state index in [0.717, 1.165) is 0 Å². The molecule has 0 aliphatic rings. The Kier molecular flexibility index (Phi) is 7.35. The lowest BCUT2D eigenvalue weighted by Gasteiger charge is -2.15. The van der Waals surface area contributed by atoms with Gasteiger partial charge in [0.2, 0.25) is 0 Å². The monoisotopic (exact) mass is 490 g/mol. The Balaban J connectivity index is 1.93. The van der Waals surface area contributed by atoms with E-state index in [1.165, 1.54) is 39.5 Å². The number of carbonyl (C=O) groups is 1. The highest BCUT2D eigenvalue weighted by atomic mass is 35.5. The van der Waals surface area contributed by atoms with E-state index in [1.807, 2.05) is 0 Å². The molecule has 0 aromatic heterocycles. The molecule has 0 bridgehead atoms. The molecule has 0 unspecified atom stereocenters. The average molecular weight is 491 g/mol. The number of benzene rings is 3. The number of hydrogen-bond donors (Lipinski definition) is 2. The Morgan fingerprint density at radius 1 is 0.879 bits per heavy atom. The summed E-state index contributed by atoms with van der Waals surface area (Å²) >= 11 is 6.09. The predicted octanol–water partition coefficient (Wildman–Crippen LogP) is 4.73. The molecule has 2 N–H and O–H groups in total. The van der Waals surface area contributed by atoms with Crippen molar-refractivity contribution in [2.75, 3.05) is 31.4 Å². The number of anilines is 2. The Morgan fingerprint density at radius 3 is 2.15 bits per heavy atom. The van der Waals surface area contributed by atoms with Crippen LogP contribution in [0.1, 0.15) is 15.9 Å². The zero-order chi connectivity index (χ0) is 24.2. The summed E-state index contributed by atoms with van der Waals surface area (Å²) in [6, 6.07) is 14.1. The molecule has 0 aliphatic carbocycles. The summed E-state index contributed by atoms with van der Waals surface area (Å²) in [6.07, 6.45) is 0. The van der Waals surface area contributed by atoms with Crippen LogP contribution < -0.4 is 24.2 Å². The maximum atomic E-state index is 13.0. The van der Waals surface area contributed by atoms with E-state index in [-0.39, 0.29) is 32.6 Å². The minimum absolute atomic E-state index is 0.000466. The molecular formula is C23H23ClN2O6S. The van der Waals surface area contributed by atoms with E-state index in [0.29, 0.717) is 17.1 Å². The molecule has 0 saturated carbocycles. The predicted molar refractivity (Wildman–Crippen MR) is 127 cm³/mol. The van der Waals surface area contributed by atoms with Crippen LogP contribution in [0.4, 0.5) is 11.4 Å². The van der Waals surface area contributed by atoms with Crippen molar-refractivity contribution in [2.24, 2.45) is 0 Å². The SMILES string of the molecule is COc1cc(OC)c(C(=O)Nc2ccc(C)c(S(=O)(=O)Nc3ccccc3Cl)c2)cc1OC. The first-order valence-electron chi connectivity index (χ1n) is 9.69. The van der Waals surface area contributed by atoms with E-state index in [9.17, 15) is 13.2 Å². The highest BCUT2D eigenvalue weighted by Gasteiger charge is 2.21. The molecule has 10 heteroatoms. The summed E-state index contributed by atoms with van der Waals surface area (Å²) in [5, 5.41) is 2.97. The highest BCUT2D eigenvalue weighted by molar-refractivity contribution is 7.92. The Labute approximate surface area is 197 Å². The molecule has 0 aliphatic heterocycles. The minimum atomic E-state index is -3.97. The molecule has 3 aromatic rings. The van der Waals surface area contributed by atoms with Gasteiger partial charge < -0.3 is 19.5 Å². The van der Waals surface area contributed by atoms with Crippen LogP contribution in [0, 0.1) is 6.92 Å². The molecule has 0 heterocycles. The quantitative estimate of drug-likeness (QED) is 0.473. The summed E-state index contributed by atoms with van der Waals surface area (Å²) in [6.45, 7) is 1.66. The largest absolute Gasteiger partial charge is 0.496 e. The Hall–Kier alpha value is -3.43. The molecule has 8 nitrogen and oxygen atoms in total.